The lowest BCUT2D eigenvalue weighted by Crippen LogP contribution is -2.19. The Morgan fingerprint density at radius 2 is 2.33 bits per heavy atom. The van der Waals surface area contributed by atoms with E-state index in [0.717, 1.165) is 10.2 Å². The van der Waals surface area contributed by atoms with Gasteiger partial charge in [-0.2, -0.15) is 0 Å². The number of anilines is 1. The van der Waals surface area contributed by atoms with Gasteiger partial charge in [-0.15, -0.1) is 11.3 Å². The molecule has 1 N–H and O–H groups in total. The predicted molar refractivity (Wildman–Crippen MR) is 75.3 cm³/mol. The summed E-state index contributed by atoms with van der Waals surface area (Å²) < 4.78 is 0.854. The van der Waals surface area contributed by atoms with Gasteiger partial charge in [0.1, 0.15) is 0 Å². The number of carbonyl (C=O) groups is 1. The molecule has 0 saturated carbocycles. The van der Waals surface area contributed by atoms with E-state index in [2.05, 4.69) is 20.9 Å². The molecule has 6 heteroatoms. The van der Waals surface area contributed by atoms with Gasteiger partial charge in [0.05, 0.1) is 29.0 Å². The summed E-state index contributed by atoms with van der Waals surface area (Å²) in [6, 6.07) is 5.12. The Morgan fingerprint density at radius 3 is 2.94 bits per heavy atom. The van der Waals surface area contributed by atoms with Crippen LogP contribution in [0.3, 0.4) is 0 Å². The molecule has 2 rings (SSSR count). The molecule has 0 aliphatic heterocycles. The number of carboxylic acid groups (broad SMARTS) is 1. The van der Waals surface area contributed by atoms with E-state index in [0.29, 0.717) is 12.2 Å². The van der Waals surface area contributed by atoms with E-state index in [-0.39, 0.29) is 5.56 Å². The number of rotatable bonds is 4. The number of aromatic carboxylic acids is 1. The van der Waals surface area contributed by atoms with Crippen LogP contribution in [-0.2, 0) is 6.54 Å². The molecule has 1 aromatic heterocycles. The Labute approximate surface area is 117 Å². The van der Waals surface area contributed by atoms with Crippen molar-refractivity contribution >= 4 is 38.9 Å². The number of hydrogen-bond donors (Lipinski definition) is 1. The number of aromatic nitrogens is 1. The highest BCUT2D eigenvalue weighted by Gasteiger charge is 2.14. The van der Waals surface area contributed by atoms with Gasteiger partial charge in [-0.05, 0) is 18.2 Å². The van der Waals surface area contributed by atoms with Crippen molar-refractivity contribution < 1.29 is 9.90 Å². The number of halogens is 1. The summed E-state index contributed by atoms with van der Waals surface area (Å²) in [5.74, 6) is -0.928. The summed E-state index contributed by atoms with van der Waals surface area (Å²) in [4.78, 5) is 17.3. The Morgan fingerprint density at radius 1 is 1.56 bits per heavy atom. The molecule has 0 saturated heterocycles. The fourth-order valence-electron chi connectivity index (χ4n) is 1.65. The molecule has 1 heterocycles. The fraction of sp³-hybridized carbons (Fsp3) is 0.167. The first kappa shape index (κ1) is 13.0. The summed E-state index contributed by atoms with van der Waals surface area (Å²) in [7, 11) is 1.85. The summed E-state index contributed by atoms with van der Waals surface area (Å²) >= 11 is 4.89. The minimum atomic E-state index is -0.928. The number of hydrogen-bond acceptors (Lipinski definition) is 4. The molecule has 94 valence electrons. The molecule has 4 nitrogen and oxygen atoms in total. The highest BCUT2D eigenvalue weighted by Crippen LogP contribution is 2.25. The molecule has 0 spiro atoms. The molecule has 0 unspecified atom stereocenters. The summed E-state index contributed by atoms with van der Waals surface area (Å²) in [6.07, 6.45) is 0. The van der Waals surface area contributed by atoms with Crippen molar-refractivity contribution in [3.05, 3.63) is 44.8 Å². The number of nitrogens with zero attached hydrogens (tertiary/aromatic N) is 2. The second-order valence-electron chi connectivity index (χ2n) is 3.80. The number of thiazole rings is 1. The van der Waals surface area contributed by atoms with Gasteiger partial charge in [0, 0.05) is 16.9 Å². The third-order valence-electron chi connectivity index (χ3n) is 2.48. The largest absolute Gasteiger partial charge is 0.478 e. The van der Waals surface area contributed by atoms with Crippen LogP contribution in [0.4, 0.5) is 5.69 Å². The first-order valence-corrected chi connectivity index (χ1v) is 6.92. The highest BCUT2D eigenvalue weighted by molar-refractivity contribution is 9.10. The Hall–Kier alpha value is -1.40. The first-order chi connectivity index (χ1) is 8.58. The maximum atomic E-state index is 11.2. The molecule has 0 fully saturated rings. The van der Waals surface area contributed by atoms with Crippen LogP contribution in [0.25, 0.3) is 0 Å². The van der Waals surface area contributed by atoms with E-state index >= 15 is 0 Å². The van der Waals surface area contributed by atoms with Crippen LogP contribution in [0.5, 0.6) is 0 Å². The lowest BCUT2D eigenvalue weighted by Gasteiger charge is -2.20. The molecule has 1 aromatic carbocycles. The minimum Gasteiger partial charge on any atom is -0.478 e. The van der Waals surface area contributed by atoms with Gasteiger partial charge in [0.2, 0.25) is 0 Å². The van der Waals surface area contributed by atoms with Crippen LogP contribution in [0.1, 0.15) is 16.1 Å². The minimum absolute atomic E-state index is 0.288. The molecular weight excluding hydrogens is 316 g/mol. The lowest BCUT2D eigenvalue weighted by atomic mass is 10.1. The standard InChI is InChI=1S/C12H11BrN2O2S/c1-15(5-9-6-18-7-14-9)11-4-8(13)2-3-10(11)12(16)17/h2-4,6-7H,5H2,1H3,(H,16,17). The SMILES string of the molecule is CN(Cc1cscn1)c1cc(Br)ccc1C(=O)O. The molecule has 2 aromatic rings. The van der Waals surface area contributed by atoms with Crippen molar-refractivity contribution in [2.24, 2.45) is 0 Å². The van der Waals surface area contributed by atoms with Crippen LogP contribution in [0, 0.1) is 0 Å². The zero-order valence-corrected chi connectivity index (χ0v) is 12.0. The van der Waals surface area contributed by atoms with Crippen molar-refractivity contribution in [3.63, 3.8) is 0 Å². The summed E-state index contributed by atoms with van der Waals surface area (Å²) in [5, 5.41) is 11.1. The van der Waals surface area contributed by atoms with Crippen LogP contribution in [0.2, 0.25) is 0 Å². The molecule has 0 atom stereocenters. The normalized spacial score (nSPS) is 10.3. The predicted octanol–water partition coefficient (Wildman–Crippen LogP) is 3.24. The zero-order valence-electron chi connectivity index (χ0n) is 9.63. The van der Waals surface area contributed by atoms with Gasteiger partial charge in [-0.25, -0.2) is 9.78 Å². The van der Waals surface area contributed by atoms with Crippen LogP contribution < -0.4 is 4.90 Å². The summed E-state index contributed by atoms with van der Waals surface area (Å²) in [5.41, 5.74) is 3.65. The van der Waals surface area contributed by atoms with Gasteiger partial charge in [0.25, 0.3) is 0 Å². The van der Waals surface area contributed by atoms with Gasteiger partial charge in [0.15, 0.2) is 0 Å². The van der Waals surface area contributed by atoms with E-state index in [9.17, 15) is 9.90 Å². The van der Waals surface area contributed by atoms with Crippen LogP contribution in [-0.4, -0.2) is 23.1 Å². The molecular formula is C12H11BrN2O2S. The smallest absolute Gasteiger partial charge is 0.337 e. The molecule has 0 bridgehead atoms. The van der Waals surface area contributed by atoms with Crippen molar-refractivity contribution in [1.82, 2.24) is 4.98 Å². The van der Waals surface area contributed by atoms with Crippen molar-refractivity contribution in [2.75, 3.05) is 11.9 Å². The zero-order chi connectivity index (χ0) is 13.1. The number of benzene rings is 1. The van der Waals surface area contributed by atoms with Crippen molar-refractivity contribution in [3.8, 4) is 0 Å². The lowest BCUT2D eigenvalue weighted by molar-refractivity contribution is 0.0697. The Bertz CT molecular complexity index is 557. The maximum absolute atomic E-state index is 11.2. The van der Waals surface area contributed by atoms with Crippen LogP contribution >= 0.6 is 27.3 Å². The second-order valence-corrected chi connectivity index (χ2v) is 5.44. The molecule has 0 radical (unpaired) electrons. The molecule has 18 heavy (non-hydrogen) atoms. The van der Waals surface area contributed by atoms with Gasteiger partial charge < -0.3 is 10.0 Å². The quantitative estimate of drug-likeness (QED) is 0.937. The van der Waals surface area contributed by atoms with Crippen molar-refractivity contribution in [2.45, 2.75) is 6.54 Å². The first-order valence-electron chi connectivity index (χ1n) is 5.19. The third-order valence-corrected chi connectivity index (χ3v) is 3.61. The van der Waals surface area contributed by atoms with Crippen LogP contribution in [0.15, 0.2) is 33.6 Å². The fourth-order valence-corrected chi connectivity index (χ4v) is 2.54. The average Bonchev–Trinajstić information content (AvgIpc) is 2.81. The van der Waals surface area contributed by atoms with Gasteiger partial charge >= 0.3 is 5.97 Å². The molecule has 0 aliphatic carbocycles. The van der Waals surface area contributed by atoms with Gasteiger partial charge in [-0.1, -0.05) is 15.9 Å². The highest BCUT2D eigenvalue weighted by atomic mass is 79.9. The maximum Gasteiger partial charge on any atom is 0.337 e. The summed E-state index contributed by atoms with van der Waals surface area (Å²) in [6.45, 7) is 0.584. The van der Waals surface area contributed by atoms with E-state index in [1.807, 2.05) is 17.3 Å². The Balaban J connectivity index is 2.31. The topological polar surface area (TPSA) is 53.4 Å². The monoisotopic (exact) mass is 326 g/mol. The second kappa shape index (κ2) is 5.49. The van der Waals surface area contributed by atoms with Crippen molar-refractivity contribution in [1.29, 1.82) is 0 Å². The van der Waals surface area contributed by atoms with E-state index < -0.39 is 5.97 Å². The molecule has 0 amide bonds. The van der Waals surface area contributed by atoms with E-state index in [1.165, 1.54) is 11.3 Å². The molecule has 0 aliphatic rings. The van der Waals surface area contributed by atoms with E-state index in [1.54, 1.807) is 23.7 Å². The van der Waals surface area contributed by atoms with Gasteiger partial charge in [-0.3, -0.25) is 0 Å². The Kier molecular flexibility index (Phi) is 3.98. The van der Waals surface area contributed by atoms with E-state index in [4.69, 9.17) is 0 Å². The average molecular weight is 327 g/mol. The third kappa shape index (κ3) is 2.88. The number of carboxylic acids is 1.